The molecule has 3 rings (SSSR count). The van der Waals surface area contributed by atoms with Crippen LogP contribution in [-0.4, -0.2) is 22.6 Å². The number of ether oxygens (including phenoxy) is 1. The molecule has 21 heavy (non-hydrogen) atoms. The lowest BCUT2D eigenvalue weighted by molar-refractivity contribution is 0.0996. The third kappa shape index (κ3) is 2.45. The van der Waals surface area contributed by atoms with Crippen molar-refractivity contribution in [3.63, 3.8) is 0 Å². The number of carbonyl (C=O) groups excluding carboxylic acids is 1. The molecule has 106 valence electrons. The standard InChI is InChI=1S/C16H11ClO4/c17-11-3-1-9(2-4-11)7-10-8-21-13-6-5-12(18)16(20)14(13)15(10)19/h1-7,18,20H,8H2/b10-7+. The summed E-state index contributed by atoms with van der Waals surface area (Å²) >= 11 is 5.82. The van der Waals surface area contributed by atoms with Crippen molar-refractivity contribution < 1.29 is 19.7 Å². The molecule has 0 unspecified atom stereocenters. The fourth-order valence-corrected chi connectivity index (χ4v) is 2.28. The van der Waals surface area contributed by atoms with Gasteiger partial charge in [0.15, 0.2) is 17.3 Å². The van der Waals surface area contributed by atoms with E-state index in [1.807, 2.05) is 0 Å². The van der Waals surface area contributed by atoms with Crippen LogP contribution in [0.1, 0.15) is 15.9 Å². The van der Waals surface area contributed by atoms with E-state index in [0.717, 1.165) is 5.56 Å². The number of benzene rings is 2. The van der Waals surface area contributed by atoms with E-state index in [1.165, 1.54) is 12.1 Å². The van der Waals surface area contributed by atoms with Crippen molar-refractivity contribution in [3.8, 4) is 17.2 Å². The second-order valence-electron chi connectivity index (χ2n) is 4.65. The van der Waals surface area contributed by atoms with Crippen LogP contribution in [0, 0.1) is 0 Å². The highest BCUT2D eigenvalue weighted by molar-refractivity contribution is 6.30. The Hall–Kier alpha value is -2.46. The van der Waals surface area contributed by atoms with Crippen LogP contribution in [-0.2, 0) is 0 Å². The summed E-state index contributed by atoms with van der Waals surface area (Å²) in [4.78, 5) is 12.4. The Labute approximate surface area is 125 Å². The van der Waals surface area contributed by atoms with Crippen LogP contribution < -0.4 is 4.74 Å². The monoisotopic (exact) mass is 302 g/mol. The van der Waals surface area contributed by atoms with Gasteiger partial charge in [0, 0.05) is 10.6 Å². The Morgan fingerprint density at radius 1 is 1.10 bits per heavy atom. The summed E-state index contributed by atoms with van der Waals surface area (Å²) < 4.78 is 5.45. The van der Waals surface area contributed by atoms with Crippen LogP contribution >= 0.6 is 11.6 Å². The van der Waals surface area contributed by atoms with Crippen molar-refractivity contribution in [2.75, 3.05) is 6.61 Å². The fourth-order valence-electron chi connectivity index (χ4n) is 2.15. The quantitative estimate of drug-likeness (QED) is 0.626. The van der Waals surface area contributed by atoms with Gasteiger partial charge in [-0.05, 0) is 35.9 Å². The van der Waals surface area contributed by atoms with Gasteiger partial charge in [0.25, 0.3) is 0 Å². The van der Waals surface area contributed by atoms with E-state index in [4.69, 9.17) is 16.3 Å². The normalized spacial score (nSPS) is 15.7. The van der Waals surface area contributed by atoms with Crippen molar-refractivity contribution in [3.05, 3.63) is 58.1 Å². The summed E-state index contributed by atoms with van der Waals surface area (Å²) in [6.45, 7) is 0.110. The molecule has 5 heteroatoms. The van der Waals surface area contributed by atoms with Gasteiger partial charge in [-0.3, -0.25) is 4.79 Å². The Bertz CT molecular complexity index is 748. The summed E-state index contributed by atoms with van der Waals surface area (Å²) in [7, 11) is 0. The van der Waals surface area contributed by atoms with Crippen molar-refractivity contribution in [2.24, 2.45) is 0 Å². The van der Waals surface area contributed by atoms with Gasteiger partial charge in [-0.15, -0.1) is 0 Å². The third-order valence-electron chi connectivity index (χ3n) is 3.23. The van der Waals surface area contributed by atoms with Gasteiger partial charge in [-0.2, -0.15) is 0 Å². The van der Waals surface area contributed by atoms with Gasteiger partial charge in [0.1, 0.15) is 17.9 Å². The molecule has 0 amide bonds. The molecular weight excluding hydrogens is 292 g/mol. The second-order valence-corrected chi connectivity index (χ2v) is 5.08. The first-order chi connectivity index (χ1) is 10.1. The average molecular weight is 303 g/mol. The number of rotatable bonds is 1. The van der Waals surface area contributed by atoms with Gasteiger partial charge in [0.2, 0.25) is 0 Å². The summed E-state index contributed by atoms with van der Waals surface area (Å²) in [5.41, 5.74) is 1.18. The second kappa shape index (κ2) is 5.14. The zero-order valence-electron chi connectivity index (χ0n) is 10.8. The minimum absolute atomic E-state index is 0.0125. The lowest BCUT2D eigenvalue weighted by Crippen LogP contribution is -2.19. The summed E-state index contributed by atoms with van der Waals surface area (Å²) in [6, 6.07) is 9.75. The van der Waals surface area contributed by atoms with Gasteiger partial charge in [-0.25, -0.2) is 0 Å². The van der Waals surface area contributed by atoms with Crippen LogP contribution in [0.5, 0.6) is 17.2 Å². The minimum Gasteiger partial charge on any atom is -0.504 e. The number of phenolic OH excluding ortho intramolecular Hbond substituents is 2. The number of fused-ring (bicyclic) bond motifs is 1. The van der Waals surface area contributed by atoms with E-state index in [1.54, 1.807) is 30.3 Å². The molecule has 0 atom stereocenters. The van der Waals surface area contributed by atoms with Crippen LogP contribution in [0.2, 0.25) is 5.02 Å². The van der Waals surface area contributed by atoms with E-state index in [2.05, 4.69) is 0 Å². The topological polar surface area (TPSA) is 66.8 Å². The third-order valence-corrected chi connectivity index (χ3v) is 3.48. The maximum absolute atomic E-state index is 12.4. The van der Waals surface area contributed by atoms with Crippen molar-refractivity contribution in [1.82, 2.24) is 0 Å². The van der Waals surface area contributed by atoms with E-state index in [-0.39, 0.29) is 29.5 Å². The number of halogens is 1. The molecule has 0 aromatic heterocycles. The fraction of sp³-hybridized carbons (Fsp3) is 0.0625. The zero-order chi connectivity index (χ0) is 15.0. The van der Waals surface area contributed by atoms with Crippen LogP contribution in [0.15, 0.2) is 42.0 Å². The largest absolute Gasteiger partial charge is 0.504 e. The van der Waals surface area contributed by atoms with E-state index >= 15 is 0 Å². The summed E-state index contributed by atoms with van der Waals surface area (Å²) in [5, 5.41) is 20.0. The number of phenols is 2. The van der Waals surface area contributed by atoms with Gasteiger partial charge in [-0.1, -0.05) is 23.7 Å². The molecule has 2 aromatic rings. The predicted molar refractivity (Wildman–Crippen MR) is 79.0 cm³/mol. The minimum atomic E-state index is -0.459. The average Bonchev–Trinajstić information content (AvgIpc) is 2.48. The predicted octanol–water partition coefficient (Wildman–Crippen LogP) is 3.41. The van der Waals surface area contributed by atoms with Crippen LogP contribution in [0.3, 0.4) is 0 Å². The summed E-state index contributed by atoms with van der Waals surface area (Å²) in [6.07, 6.45) is 1.67. The summed E-state index contributed by atoms with van der Waals surface area (Å²) in [5.74, 6) is -0.902. The maximum Gasteiger partial charge on any atom is 0.200 e. The molecule has 0 saturated carbocycles. The van der Waals surface area contributed by atoms with Crippen LogP contribution in [0.25, 0.3) is 6.08 Å². The van der Waals surface area contributed by atoms with Gasteiger partial charge >= 0.3 is 0 Å². The molecule has 0 aliphatic carbocycles. The molecule has 1 heterocycles. The number of ketones is 1. The highest BCUT2D eigenvalue weighted by atomic mass is 35.5. The highest BCUT2D eigenvalue weighted by Gasteiger charge is 2.28. The first kappa shape index (κ1) is 13.5. The smallest absolute Gasteiger partial charge is 0.200 e. The van der Waals surface area contributed by atoms with E-state index in [9.17, 15) is 15.0 Å². The molecule has 4 nitrogen and oxygen atoms in total. The van der Waals surface area contributed by atoms with Crippen molar-refractivity contribution in [2.45, 2.75) is 0 Å². The number of Topliss-reactive ketones (excluding diaryl/α,β-unsaturated/α-hetero) is 1. The molecule has 0 radical (unpaired) electrons. The Morgan fingerprint density at radius 3 is 2.52 bits per heavy atom. The Balaban J connectivity index is 2.02. The lowest BCUT2D eigenvalue weighted by atomic mass is 9.97. The SMILES string of the molecule is O=C1/C(=C/c2ccc(Cl)cc2)COc2ccc(O)c(O)c21. The lowest BCUT2D eigenvalue weighted by Gasteiger charge is -2.20. The van der Waals surface area contributed by atoms with Crippen LogP contribution in [0.4, 0.5) is 0 Å². The van der Waals surface area contributed by atoms with Gasteiger partial charge in [0.05, 0.1) is 0 Å². The first-order valence-corrected chi connectivity index (χ1v) is 6.62. The number of aromatic hydroxyl groups is 2. The van der Waals surface area contributed by atoms with Gasteiger partial charge < -0.3 is 14.9 Å². The Morgan fingerprint density at radius 2 is 1.81 bits per heavy atom. The molecule has 0 spiro atoms. The maximum atomic E-state index is 12.4. The molecule has 0 bridgehead atoms. The molecule has 1 aliphatic heterocycles. The molecule has 0 saturated heterocycles. The van der Waals surface area contributed by atoms with E-state index < -0.39 is 5.75 Å². The molecule has 0 fully saturated rings. The molecule has 2 N–H and O–H groups in total. The van der Waals surface area contributed by atoms with Crippen molar-refractivity contribution in [1.29, 1.82) is 0 Å². The number of carbonyl (C=O) groups is 1. The number of hydrogen-bond donors (Lipinski definition) is 2. The zero-order valence-corrected chi connectivity index (χ0v) is 11.6. The number of hydrogen-bond acceptors (Lipinski definition) is 4. The van der Waals surface area contributed by atoms with Crippen molar-refractivity contribution >= 4 is 23.5 Å². The highest BCUT2D eigenvalue weighted by Crippen LogP contribution is 2.39. The van der Waals surface area contributed by atoms with E-state index in [0.29, 0.717) is 10.6 Å². The Kier molecular flexibility index (Phi) is 3.31. The molecule has 1 aliphatic rings. The first-order valence-electron chi connectivity index (χ1n) is 6.25. The molecule has 2 aromatic carbocycles. The molecular formula is C16H11ClO4.